The average Bonchev–Trinajstić information content (AvgIpc) is 2.62. The highest BCUT2D eigenvalue weighted by Crippen LogP contribution is 2.19. The van der Waals surface area contributed by atoms with E-state index in [0.717, 1.165) is 18.7 Å². The molecule has 2 N–H and O–H groups in total. The molecule has 0 aromatic heterocycles. The van der Waals surface area contributed by atoms with Crippen molar-refractivity contribution in [2.24, 2.45) is 0 Å². The number of carbonyl (C=O) groups is 1. The molecule has 23 heavy (non-hydrogen) atoms. The summed E-state index contributed by atoms with van der Waals surface area (Å²) in [4.78, 5) is 12.0. The van der Waals surface area contributed by atoms with E-state index >= 15 is 0 Å². The second-order valence-corrected chi connectivity index (χ2v) is 5.77. The number of amides is 1. The van der Waals surface area contributed by atoms with Gasteiger partial charge in [-0.1, -0.05) is 54.6 Å². The minimum Gasteiger partial charge on any atom is -0.378 e. The molecular formula is C19H22N2O2. The van der Waals surface area contributed by atoms with Gasteiger partial charge in [-0.05, 0) is 16.7 Å². The van der Waals surface area contributed by atoms with E-state index in [1.54, 1.807) is 0 Å². The monoisotopic (exact) mass is 310 g/mol. The molecule has 1 aliphatic heterocycles. The zero-order valence-electron chi connectivity index (χ0n) is 13.1. The van der Waals surface area contributed by atoms with Crippen LogP contribution in [0.5, 0.6) is 0 Å². The van der Waals surface area contributed by atoms with Crippen LogP contribution in [-0.2, 0) is 16.1 Å². The molecule has 1 unspecified atom stereocenters. The molecule has 1 fully saturated rings. The number of benzene rings is 2. The lowest BCUT2D eigenvalue weighted by molar-refractivity contribution is -0.122. The van der Waals surface area contributed by atoms with Crippen LogP contribution in [0.4, 0.5) is 0 Å². The summed E-state index contributed by atoms with van der Waals surface area (Å²) in [7, 11) is 0. The van der Waals surface area contributed by atoms with Gasteiger partial charge >= 0.3 is 0 Å². The smallest absolute Gasteiger partial charge is 0.221 e. The summed E-state index contributed by atoms with van der Waals surface area (Å²) < 4.78 is 5.36. The number of ether oxygens (including phenoxy) is 1. The molecule has 0 spiro atoms. The van der Waals surface area contributed by atoms with Crippen molar-refractivity contribution >= 4 is 5.91 Å². The zero-order valence-corrected chi connectivity index (χ0v) is 13.1. The van der Waals surface area contributed by atoms with Gasteiger partial charge in [-0.2, -0.15) is 0 Å². The van der Waals surface area contributed by atoms with Crippen LogP contribution < -0.4 is 10.6 Å². The maximum Gasteiger partial charge on any atom is 0.221 e. The van der Waals surface area contributed by atoms with Crippen LogP contribution in [0.25, 0.3) is 11.1 Å². The molecule has 1 amide bonds. The van der Waals surface area contributed by atoms with Gasteiger partial charge in [-0.3, -0.25) is 4.79 Å². The quantitative estimate of drug-likeness (QED) is 0.891. The Bertz CT molecular complexity index is 620. The molecule has 4 heteroatoms. The zero-order chi connectivity index (χ0) is 15.9. The molecule has 0 saturated carbocycles. The van der Waals surface area contributed by atoms with Gasteiger partial charge in [0.2, 0.25) is 5.91 Å². The predicted octanol–water partition coefficient (Wildman–Crippen LogP) is 2.35. The first-order chi connectivity index (χ1) is 11.3. The van der Waals surface area contributed by atoms with Gasteiger partial charge in [0, 0.05) is 25.6 Å². The fourth-order valence-electron chi connectivity index (χ4n) is 2.69. The van der Waals surface area contributed by atoms with Gasteiger partial charge in [-0.15, -0.1) is 0 Å². The third-order valence-corrected chi connectivity index (χ3v) is 3.98. The molecule has 2 aromatic rings. The fourth-order valence-corrected chi connectivity index (χ4v) is 2.69. The molecule has 4 nitrogen and oxygen atoms in total. The maximum atomic E-state index is 12.0. The second kappa shape index (κ2) is 7.90. The lowest BCUT2D eigenvalue weighted by Gasteiger charge is -2.23. The number of carbonyl (C=O) groups excluding carboxylic acids is 1. The van der Waals surface area contributed by atoms with Crippen molar-refractivity contribution in [3.63, 3.8) is 0 Å². The Kier molecular flexibility index (Phi) is 5.40. The van der Waals surface area contributed by atoms with Crippen LogP contribution in [0.1, 0.15) is 12.0 Å². The van der Waals surface area contributed by atoms with Gasteiger partial charge in [0.1, 0.15) is 0 Å². The highest BCUT2D eigenvalue weighted by molar-refractivity contribution is 5.76. The van der Waals surface area contributed by atoms with Crippen molar-refractivity contribution in [2.75, 3.05) is 19.8 Å². The van der Waals surface area contributed by atoms with E-state index in [1.165, 1.54) is 11.1 Å². The predicted molar refractivity (Wildman–Crippen MR) is 91.0 cm³/mol. The minimum absolute atomic E-state index is 0.0557. The number of morpholine rings is 1. The van der Waals surface area contributed by atoms with Crippen LogP contribution >= 0.6 is 0 Å². The molecule has 120 valence electrons. The molecule has 1 aliphatic rings. The Balaban J connectivity index is 1.49. The van der Waals surface area contributed by atoms with Gasteiger partial charge in [-0.25, -0.2) is 0 Å². The Morgan fingerprint density at radius 2 is 1.83 bits per heavy atom. The summed E-state index contributed by atoms with van der Waals surface area (Å²) in [6.45, 7) is 2.71. The number of hydrogen-bond donors (Lipinski definition) is 2. The minimum atomic E-state index is 0.0557. The van der Waals surface area contributed by atoms with E-state index in [4.69, 9.17) is 4.74 Å². The SMILES string of the molecule is O=C(CC1COCCN1)NCc1ccc(-c2ccccc2)cc1. The van der Waals surface area contributed by atoms with E-state index in [1.807, 2.05) is 18.2 Å². The van der Waals surface area contributed by atoms with Crippen LogP contribution in [0, 0.1) is 0 Å². The van der Waals surface area contributed by atoms with Crippen molar-refractivity contribution < 1.29 is 9.53 Å². The summed E-state index contributed by atoms with van der Waals surface area (Å²) in [6.07, 6.45) is 0.460. The average molecular weight is 310 g/mol. The van der Waals surface area contributed by atoms with E-state index in [-0.39, 0.29) is 11.9 Å². The van der Waals surface area contributed by atoms with Crippen molar-refractivity contribution in [3.8, 4) is 11.1 Å². The fraction of sp³-hybridized carbons (Fsp3) is 0.316. The molecular weight excluding hydrogens is 288 g/mol. The van der Waals surface area contributed by atoms with E-state index < -0.39 is 0 Å². The van der Waals surface area contributed by atoms with Gasteiger partial charge in [0.15, 0.2) is 0 Å². The van der Waals surface area contributed by atoms with Crippen LogP contribution in [0.2, 0.25) is 0 Å². The van der Waals surface area contributed by atoms with Gasteiger partial charge < -0.3 is 15.4 Å². The molecule has 0 aliphatic carbocycles. The normalized spacial score (nSPS) is 17.7. The molecule has 1 atom stereocenters. The molecule has 0 bridgehead atoms. The molecule has 2 aromatic carbocycles. The summed E-state index contributed by atoms with van der Waals surface area (Å²) in [5, 5.41) is 6.26. The highest BCUT2D eigenvalue weighted by atomic mass is 16.5. The summed E-state index contributed by atoms with van der Waals surface area (Å²) >= 11 is 0. The van der Waals surface area contributed by atoms with Crippen molar-refractivity contribution in [3.05, 3.63) is 60.2 Å². The van der Waals surface area contributed by atoms with E-state index in [2.05, 4.69) is 47.0 Å². The first-order valence-corrected chi connectivity index (χ1v) is 8.03. The third kappa shape index (κ3) is 4.65. The molecule has 1 heterocycles. The van der Waals surface area contributed by atoms with Gasteiger partial charge in [0.05, 0.1) is 13.2 Å². The summed E-state index contributed by atoms with van der Waals surface area (Å²) in [6, 6.07) is 18.7. The Morgan fingerprint density at radius 3 is 2.52 bits per heavy atom. The van der Waals surface area contributed by atoms with Crippen LogP contribution in [0.3, 0.4) is 0 Å². The van der Waals surface area contributed by atoms with Crippen molar-refractivity contribution in [2.45, 2.75) is 19.0 Å². The largest absolute Gasteiger partial charge is 0.378 e. The third-order valence-electron chi connectivity index (χ3n) is 3.98. The lowest BCUT2D eigenvalue weighted by Crippen LogP contribution is -2.44. The summed E-state index contributed by atoms with van der Waals surface area (Å²) in [5.74, 6) is 0.0557. The second-order valence-electron chi connectivity index (χ2n) is 5.77. The number of rotatable bonds is 5. The van der Waals surface area contributed by atoms with Crippen molar-refractivity contribution in [1.29, 1.82) is 0 Å². The molecule has 0 radical (unpaired) electrons. The Labute approximate surface area is 136 Å². The topological polar surface area (TPSA) is 50.4 Å². The lowest BCUT2D eigenvalue weighted by atomic mass is 10.0. The summed E-state index contributed by atoms with van der Waals surface area (Å²) in [5.41, 5.74) is 3.49. The highest BCUT2D eigenvalue weighted by Gasteiger charge is 2.16. The van der Waals surface area contributed by atoms with Gasteiger partial charge in [0.25, 0.3) is 0 Å². The Hall–Kier alpha value is -2.17. The first kappa shape index (κ1) is 15.7. The van der Waals surface area contributed by atoms with E-state index in [9.17, 15) is 4.79 Å². The van der Waals surface area contributed by atoms with Crippen molar-refractivity contribution in [1.82, 2.24) is 10.6 Å². The molecule has 1 saturated heterocycles. The first-order valence-electron chi connectivity index (χ1n) is 8.03. The van der Waals surface area contributed by atoms with Crippen LogP contribution in [-0.4, -0.2) is 31.7 Å². The standard InChI is InChI=1S/C19H22N2O2/c22-19(12-18-14-23-11-10-20-18)21-13-15-6-8-17(9-7-15)16-4-2-1-3-5-16/h1-9,18,20H,10-14H2,(H,21,22). The maximum absolute atomic E-state index is 12.0. The number of hydrogen-bond acceptors (Lipinski definition) is 3. The van der Waals surface area contributed by atoms with Crippen LogP contribution in [0.15, 0.2) is 54.6 Å². The Morgan fingerprint density at radius 1 is 1.09 bits per heavy atom. The molecule has 3 rings (SSSR count). The van der Waals surface area contributed by atoms with E-state index in [0.29, 0.717) is 19.6 Å². The number of nitrogens with one attached hydrogen (secondary N) is 2.